The van der Waals surface area contributed by atoms with Crippen molar-refractivity contribution in [2.75, 3.05) is 6.54 Å². The Kier molecular flexibility index (Phi) is 6.26. The lowest BCUT2D eigenvalue weighted by atomic mass is 9.94. The van der Waals surface area contributed by atoms with Crippen molar-refractivity contribution in [1.29, 1.82) is 0 Å². The number of alkyl halides is 4. The molecule has 1 atom stereocenters. The third-order valence-electron chi connectivity index (χ3n) is 5.76. The van der Waals surface area contributed by atoms with Crippen LogP contribution < -0.4 is 10.9 Å². The van der Waals surface area contributed by atoms with E-state index < -0.39 is 54.8 Å². The number of amides is 3. The molecule has 1 fully saturated rings. The molecule has 0 spiro atoms. The standard InChI is InChI=1S/C22H19F5N4O3/c23-15-3-1-2-12(8-15)17-10-22(26,27)6-7-30(17)31-11-14-5-4-13(9-16(14)21(31)34)19(32)28-29-20(33)18(24)25/h1-5,8-9,17-18H,6-7,10-11H2,(H,28,32)(H,29,33). The van der Waals surface area contributed by atoms with Crippen molar-refractivity contribution < 1.29 is 36.3 Å². The molecule has 2 heterocycles. The van der Waals surface area contributed by atoms with E-state index in [9.17, 15) is 36.3 Å². The van der Waals surface area contributed by atoms with Gasteiger partial charge in [0, 0.05) is 30.5 Å². The molecule has 0 bridgehead atoms. The molecule has 2 aromatic rings. The maximum atomic E-state index is 14.2. The van der Waals surface area contributed by atoms with Gasteiger partial charge in [0.25, 0.3) is 17.7 Å². The van der Waals surface area contributed by atoms with E-state index in [0.717, 1.165) is 6.07 Å². The maximum Gasteiger partial charge on any atom is 0.317 e. The molecule has 34 heavy (non-hydrogen) atoms. The van der Waals surface area contributed by atoms with E-state index in [1.165, 1.54) is 46.4 Å². The minimum absolute atomic E-state index is 0.0512. The predicted octanol–water partition coefficient (Wildman–Crippen LogP) is 3.20. The monoisotopic (exact) mass is 482 g/mol. The van der Waals surface area contributed by atoms with Gasteiger partial charge < -0.3 is 0 Å². The lowest BCUT2D eigenvalue weighted by molar-refractivity contribution is -0.136. The number of carbonyl (C=O) groups is 3. The van der Waals surface area contributed by atoms with E-state index in [4.69, 9.17) is 0 Å². The number of hydrogen-bond acceptors (Lipinski definition) is 4. The fourth-order valence-corrected chi connectivity index (χ4v) is 4.10. The summed E-state index contributed by atoms with van der Waals surface area (Å²) in [5.74, 6) is -6.73. The Morgan fingerprint density at radius 3 is 2.56 bits per heavy atom. The van der Waals surface area contributed by atoms with E-state index in [1.54, 1.807) is 5.43 Å². The summed E-state index contributed by atoms with van der Waals surface area (Å²) in [7, 11) is 0. The van der Waals surface area contributed by atoms with Gasteiger partial charge in [-0.2, -0.15) is 8.78 Å². The zero-order chi connectivity index (χ0) is 24.6. The second-order valence-electron chi connectivity index (χ2n) is 8.02. The normalized spacial score (nSPS) is 19.8. The zero-order valence-electron chi connectivity index (χ0n) is 17.5. The molecule has 0 aliphatic carbocycles. The van der Waals surface area contributed by atoms with Gasteiger partial charge in [-0.25, -0.2) is 18.2 Å². The molecule has 1 unspecified atom stereocenters. The number of nitrogens with zero attached hydrogens (tertiary/aromatic N) is 2. The van der Waals surface area contributed by atoms with Crippen molar-refractivity contribution in [1.82, 2.24) is 20.9 Å². The first-order valence-electron chi connectivity index (χ1n) is 10.3. The minimum atomic E-state index is -3.32. The van der Waals surface area contributed by atoms with Gasteiger partial charge in [0.2, 0.25) is 0 Å². The van der Waals surface area contributed by atoms with Gasteiger partial charge >= 0.3 is 12.3 Å². The van der Waals surface area contributed by atoms with Crippen molar-refractivity contribution >= 4 is 17.7 Å². The average Bonchev–Trinajstić information content (AvgIpc) is 3.12. The third kappa shape index (κ3) is 4.72. The summed E-state index contributed by atoms with van der Waals surface area (Å²) in [6.07, 6.45) is -4.41. The molecule has 2 aliphatic rings. The van der Waals surface area contributed by atoms with Gasteiger partial charge in [-0.15, -0.1) is 0 Å². The van der Waals surface area contributed by atoms with E-state index >= 15 is 0 Å². The Balaban J connectivity index is 1.56. The Bertz CT molecular complexity index is 1140. The average molecular weight is 482 g/mol. The first-order valence-corrected chi connectivity index (χ1v) is 10.3. The molecule has 12 heteroatoms. The second kappa shape index (κ2) is 9.01. The summed E-state index contributed by atoms with van der Waals surface area (Å²) in [5, 5.41) is 2.77. The van der Waals surface area contributed by atoms with Crippen LogP contribution in [0.25, 0.3) is 0 Å². The van der Waals surface area contributed by atoms with E-state index in [2.05, 4.69) is 0 Å². The highest BCUT2D eigenvalue weighted by Crippen LogP contribution is 2.42. The molecule has 2 aliphatic heterocycles. The van der Waals surface area contributed by atoms with Gasteiger partial charge in [-0.05, 0) is 35.4 Å². The fourth-order valence-electron chi connectivity index (χ4n) is 4.10. The predicted molar refractivity (Wildman–Crippen MR) is 108 cm³/mol. The first-order chi connectivity index (χ1) is 16.1. The van der Waals surface area contributed by atoms with Gasteiger partial charge in [0.05, 0.1) is 12.6 Å². The molecule has 180 valence electrons. The number of hydrogen-bond donors (Lipinski definition) is 2. The quantitative estimate of drug-likeness (QED) is 0.518. The third-order valence-corrected chi connectivity index (χ3v) is 5.76. The van der Waals surface area contributed by atoms with Crippen LogP contribution in [0.1, 0.15) is 50.7 Å². The summed E-state index contributed by atoms with van der Waals surface area (Å²) in [5.41, 5.74) is 4.27. The summed E-state index contributed by atoms with van der Waals surface area (Å²) >= 11 is 0. The summed E-state index contributed by atoms with van der Waals surface area (Å²) in [4.78, 5) is 36.3. The first kappa shape index (κ1) is 23.6. The van der Waals surface area contributed by atoms with E-state index in [1.807, 2.05) is 5.43 Å². The van der Waals surface area contributed by atoms with Crippen LogP contribution >= 0.6 is 0 Å². The molecule has 0 saturated carbocycles. The van der Waals surface area contributed by atoms with Crippen molar-refractivity contribution in [3.05, 3.63) is 70.5 Å². The largest absolute Gasteiger partial charge is 0.317 e. The van der Waals surface area contributed by atoms with Gasteiger partial charge in [0.1, 0.15) is 5.82 Å². The van der Waals surface area contributed by atoms with Crippen LogP contribution in [0, 0.1) is 5.82 Å². The van der Waals surface area contributed by atoms with Crippen LogP contribution in [0.15, 0.2) is 42.5 Å². The molecule has 7 nitrogen and oxygen atoms in total. The number of piperidine rings is 1. The summed E-state index contributed by atoms with van der Waals surface area (Å²) < 4.78 is 66.8. The molecular formula is C22H19F5N4O3. The van der Waals surface area contributed by atoms with E-state index in [-0.39, 0.29) is 24.2 Å². The molecule has 1 saturated heterocycles. The van der Waals surface area contributed by atoms with Crippen LogP contribution in [0.5, 0.6) is 0 Å². The topological polar surface area (TPSA) is 81.8 Å². The van der Waals surface area contributed by atoms with Crippen LogP contribution in [0.4, 0.5) is 22.0 Å². The van der Waals surface area contributed by atoms with Crippen molar-refractivity contribution in [3.8, 4) is 0 Å². The van der Waals surface area contributed by atoms with Gasteiger partial charge in [0.15, 0.2) is 0 Å². The Labute approximate surface area is 190 Å². The molecule has 4 rings (SSSR count). The van der Waals surface area contributed by atoms with Crippen LogP contribution in [0.3, 0.4) is 0 Å². The Morgan fingerprint density at radius 2 is 1.85 bits per heavy atom. The Morgan fingerprint density at radius 1 is 1.09 bits per heavy atom. The number of carbonyl (C=O) groups excluding carboxylic acids is 3. The fraction of sp³-hybridized carbons (Fsp3) is 0.318. The van der Waals surface area contributed by atoms with Gasteiger partial charge in [-0.1, -0.05) is 18.2 Å². The number of nitrogens with one attached hydrogen (secondary N) is 2. The van der Waals surface area contributed by atoms with Crippen molar-refractivity contribution in [3.63, 3.8) is 0 Å². The highest BCUT2D eigenvalue weighted by molar-refractivity contribution is 6.02. The number of hydrazine groups is 2. The summed E-state index contributed by atoms with van der Waals surface area (Å²) in [6.45, 7) is -0.101. The molecule has 0 aromatic heterocycles. The summed E-state index contributed by atoms with van der Waals surface area (Å²) in [6, 6.07) is 8.38. The van der Waals surface area contributed by atoms with Crippen molar-refractivity contribution in [2.24, 2.45) is 0 Å². The SMILES string of the molecule is O=C(NNC(=O)C(F)F)c1ccc2c(c1)C(=O)N(N1CCC(F)(F)CC1c1cccc(F)c1)C2. The lowest BCUT2D eigenvalue weighted by Crippen LogP contribution is -2.51. The maximum absolute atomic E-state index is 14.2. The molecule has 3 amide bonds. The number of halogens is 5. The zero-order valence-corrected chi connectivity index (χ0v) is 17.5. The van der Waals surface area contributed by atoms with Crippen LogP contribution in [0.2, 0.25) is 0 Å². The highest BCUT2D eigenvalue weighted by Gasteiger charge is 2.45. The molecule has 0 radical (unpaired) electrons. The molecular weight excluding hydrogens is 463 g/mol. The lowest BCUT2D eigenvalue weighted by Gasteiger charge is -2.43. The molecule has 2 N–H and O–H groups in total. The van der Waals surface area contributed by atoms with E-state index in [0.29, 0.717) is 11.1 Å². The second-order valence-corrected chi connectivity index (χ2v) is 8.02. The minimum Gasteiger partial charge on any atom is -0.268 e. The highest BCUT2D eigenvalue weighted by atomic mass is 19.3. The Hall–Kier alpha value is -3.54. The number of rotatable bonds is 4. The number of fused-ring (bicyclic) bond motifs is 1. The van der Waals surface area contributed by atoms with Crippen LogP contribution in [-0.4, -0.2) is 46.6 Å². The van der Waals surface area contributed by atoms with Gasteiger partial charge in [-0.3, -0.25) is 30.2 Å². The van der Waals surface area contributed by atoms with Crippen molar-refractivity contribution in [2.45, 2.75) is 37.8 Å². The number of benzene rings is 2. The molecule has 2 aromatic carbocycles. The van der Waals surface area contributed by atoms with Crippen LogP contribution in [-0.2, 0) is 11.3 Å². The smallest absolute Gasteiger partial charge is 0.268 e.